The van der Waals surface area contributed by atoms with Gasteiger partial charge in [-0.3, -0.25) is 15.6 Å². The molecule has 5 heteroatoms. The Morgan fingerprint density at radius 3 is 2.69 bits per heavy atom. The van der Waals surface area contributed by atoms with Gasteiger partial charge in [0.15, 0.2) is 0 Å². The molecule has 1 aromatic rings. The van der Waals surface area contributed by atoms with Crippen molar-refractivity contribution in [2.45, 2.75) is 26.8 Å². The van der Waals surface area contributed by atoms with E-state index in [1.54, 1.807) is 12.3 Å². The first-order valence-corrected chi connectivity index (χ1v) is 5.27. The summed E-state index contributed by atoms with van der Waals surface area (Å²) in [6.45, 7) is 6.08. The molecule has 0 radical (unpaired) electrons. The molecular weight excluding hydrogens is 204 g/mol. The lowest BCUT2D eigenvalue weighted by Gasteiger charge is -2.18. The van der Waals surface area contributed by atoms with Crippen molar-refractivity contribution in [3.63, 3.8) is 0 Å². The van der Waals surface area contributed by atoms with Crippen LogP contribution in [-0.4, -0.2) is 16.9 Å². The Hall–Kier alpha value is -1.62. The van der Waals surface area contributed by atoms with E-state index in [0.717, 1.165) is 0 Å². The molecule has 5 nitrogen and oxygen atoms in total. The number of pyridine rings is 1. The van der Waals surface area contributed by atoms with Crippen LogP contribution in [0.25, 0.3) is 0 Å². The number of carbonyl (C=O) groups excluding carboxylic acids is 1. The molecule has 0 aliphatic carbocycles. The molecule has 1 atom stereocenters. The molecular formula is C11H18N4O. The number of nitrogens with zero attached hydrogens (tertiary/aromatic N) is 1. The maximum Gasteiger partial charge on any atom is 0.253 e. The van der Waals surface area contributed by atoms with Gasteiger partial charge in [-0.25, -0.2) is 0 Å². The SMILES string of the molecule is CC(C)C(C)NC(=O)c1ccncc1NN. The first-order chi connectivity index (χ1) is 7.56. The number of hydrogen-bond acceptors (Lipinski definition) is 4. The molecule has 0 aliphatic rings. The monoisotopic (exact) mass is 222 g/mol. The Balaban J connectivity index is 2.80. The Labute approximate surface area is 95.4 Å². The maximum atomic E-state index is 11.9. The lowest BCUT2D eigenvalue weighted by Crippen LogP contribution is -2.36. The van der Waals surface area contributed by atoms with Gasteiger partial charge in [0.25, 0.3) is 5.91 Å². The largest absolute Gasteiger partial charge is 0.349 e. The number of nitrogen functional groups attached to an aromatic ring is 1. The van der Waals surface area contributed by atoms with Gasteiger partial charge in [0.05, 0.1) is 17.4 Å². The Bertz CT molecular complexity index is 365. The molecule has 1 aromatic heterocycles. The van der Waals surface area contributed by atoms with E-state index in [4.69, 9.17) is 5.84 Å². The predicted molar refractivity (Wildman–Crippen MR) is 63.8 cm³/mol. The summed E-state index contributed by atoms with van der Waals surface area (Å²) in [6, 6.07) is 1.75. The highest BCUT2D eigenvalue weighted by molar-refractivity contribution is 5.99. The molecule has 0 saturated heterocycles. The molecule has 1 amide bonds. The molecule has 0 saturated carbocycles. The van der Waals surface area contributed by atoms with Gasteiger partial charge in [-0.15, -0.1) is 0 Å². The third-order valence-corrected chi connectivity index (χ3v) is 2.58. The van der Waals surface area contributed by atoms with Gasteiger partial charge in [0, 0.05) is 12.2 Å². The number of nitrogens with one attached hydrogen (secondary N) is 2. The van der Waals surface area contributed by atoms with Gasteiger partial charge in [-0.2, -0.15) is 0 Å². The minimum absolute atomic E-state index is 0.117. The minimum Gasteiger partial charge on any atom is -0.349 e. The summed E-state index contributed by atoms with van der Waals surface area (Å²) in [7, 11) is 0. The average molecular weight is 222 g/mol. The van der Waals surface area contributed by atoms with Crippen molar-refractivity contribution in [3.8, 4) is 0 Å². The number of amides is 1. The van der Waals surface area contributed by atoms with Crippen LogP contribution in [0.15, 0.2) is 18.5 Å². The summed E-state index contributed by atoms with van der Waals surface area (Å²) in [5.74, 6) is 5.56. The zero-order chi connectivity index (χ0) is 12.1. The predicted octanol–water partition coefficient (Wildman–Crippen LogP) is 1.14. The van der Waals surface area contributed by atoms with Crippen molar-refractivity contribution >= 4 is 11.6 Å². The topological polar surface area (TPSA) is 80.0 Å². The van der Waals surface area contributed by atoms with Gasteiger partial charge in [-0.1, -0.05) is 13.8 Å². The van der Waals surface area contributed by atoms with Crippen molar-refractivity contribution in [1.82, 2.24) is 10.3 Å². The van der Waals surface area contributed by atoms with Crippen molar-refractivity contribution in [3.05, 3.63) is 24.0 Å². The second kappa shape index (κ2) is 5.46. The van der Waals surface area contributed by atoms with E-state index >= 15 is 0 Å². The van der Waals surface area contributed by atoms with Crippen LogP contribution in [0.5, 0.6) is 0 Å². The van der Waals surface area contributed by atoms with Crippen LogP contribution < -0.4 is 16.6 Å². The molecule has 88 valence electrons. The maximum absolute atomic E-state index is 11.9. The van der Waals surface area contributed by atoms with Gasteiger partial charge in [0.1, 0.15) is 0 Å². The smallest absolute Gasteiger partial charge is 0.253 e. The molecule has 0 fully saturated rings. The zero-order valence-corrected chi connectivity index (χ0v) is 9.82. The van der Waals surface area contributed by atoms with Gasteiger partial charge < -0.3 is 10.7 Å². The Kier molecular flexibility index (Phi) is 4.25. The third kappa shape index (κ3) is 2.93. The van der Waals surface area contributed by atoms with Crippen molar-refractivity contribution in [1.29, 1.82) is 0 Å². The number of carbonyl (C=O) groups is 1. The van der Waals surface area contributed by atoms with Gasteiger partial charge in [0.2, 0.25) is 0 Å². The second-order valence-electron chi connectivity index (χ2n) is 4.07. The number of anilines is 1. The summed E-state index contributed by atoms with van der Waals surface area (Å²) in [4.78, 5) is 15.8. The highest BCUT2D eigenvalue weighted by Crippen LogP contribution is 2.12. The van der Waals surface area contributed by atoms with E-state index in [1.807, 2.05) is 6.92 Å². The Morgan fingerprint density at radius 1 is 1.44 bits per heavy atom. The van der Waals surface area contributed by atoms with Crippen molar-refractivity contribution in [2.24, 2.45) is 11.8 Å². The number of hydrogen-bond donors (Lipinski definition) is 3. The number of aromatic nitrogens is 1. The fraction of sp³-hybridized carbons (Fsp3) is 0.455. The van der Waals surface area contributed by atoms with E-state index in [-0.39, 0.29) is 11.9 Å². The quantitative estimate of drug-likeness (QED) is 0.527. The molecule has 0 aromatic carbocycles. The molecule has 0 bridgehead atoms. The van der Waals surface area contributed by atoms with Gasteiger partial charge in [-0.05, 0) is 18.9 Å². The standard InChI is InChI=1S/C11H18N4O/c1-7(2)8(3)14-11(16)9-4-5-13-6-10(9)15-12/h4-8,15H,12H2,1-3H3,(H,14,16). The highest BCUT2D eigenvalue weighted by atomic mass is 16.1. The summed E-state index contributed by atoms with van der Waals surface area (Å²) >= 11 is 0. The molecule has 0 spiro atoms. The van der Waals surface area contributed by atoms with E-state index in [9.17, 15) is 4.79 Å². The van der Waals surface area contributed by atoms with Crippen LogP contribution in [0.4, 0.5) is 5.69 Å². The molecule has 1 heterocycles. The van der Waals surface area contributed by atoms with Crippen LogP contribution in [0.1, 0.15) is 31.1 Å². The van der Waals surface area contributed by atoms with E-state index in [0.29, 0.717) is 17.2 Å². The minimum atomic E-state index is -0.142. The van der Waals surface area contributed by atoms with Crippen LogP contribution in [-0.2, 0) is 0 Å². The van der Waals surface area contributed by atoms with E-state index < -0.39 is 0 Å². The van der Waals surface area contributed by atoms with E-state index in [2.05, 4.69) is 29.6 Å². The Morgan fingerprint density at radius 2 is 2.12 bits per heavy atom. The second-order valence-corrected chi connectivity index (χ2v) is 4.07. The van der Waals surface area contributed by atoms with Gasteiger partial charge >= 0.3 is 0 Å². The summed E-state index contributed by atoms with van der Waals surface area (Å²) in [5, 5.41) is 2.91. The lowest BCUT2D eigenvalue weighted by molar-refractivity contribution is 0.0931. The van der Waals surface area contributed by atoms with Crippen LogP contribution in [0.2, 0.25) is 0 Å². The molecule has 4 N–H and O–H groups in total. The third-order valence-electron chi connectivity index (χ3n) is 2.58. The first-order valence-electron chi connectivity index (χ1n) is 5.27. The van der Waals surface area contributed by atoms with E-state index in [1.165, 1.54) is 6.20 Å². The molecule has 1 unspecified atom stereocenters. The lowest BCUT2D eigenvalue weighted by atomic mass is 10.1. The first kappa shape index (κ1) is 12.4. The summed E-state index contributed by atoms with van der Waals surface area (Å²) < 4.78 is 0. The van der Waals surface area contributed by atoms with Crippen molar-refractivity contribution in [2.75, 3.05) is 5.43 Å². The highest BCUT2D eigenvalue weighted by Gasteiger charge is 2.14. The summed E-state index contributed by atoms with van der Waals surface area (Å²) in [5.41, 5.74) is 3.48. The number of hydrazine groups is 1. The van der Waals surface area contributed by atoms with Crippen molar-refractivity contribution < 1.29 is 4.79 Å². The average Bonchev–Trinajstić information content (AvgIpc) is 2.28. The molecule has 16 heavy (non-hydrogen) atoms. The number of rotatable bonds is 4. The van der Waals surface area contributed by atoms with Crippen LogP contribution >= 0.6 is 0 Å². The fourth-order valence-electron chi connectivity index (χ4n) is 1.16. The fourth-order valence-corrected chi connectivity index (χ4v) is 1.16. The number of nitrogens with two attached hydrogens (primary N) is 1. The van der Waals surface area contributed by atoms with Crippen LogP contribution in [0, 0.1) is 5.92 Å². The van der Waals surface area contributed by atoms with Crippen LogP contribution in [0.3, 0.4) is 0 Å². The normalized spacial score (nSPS) is 12.3. The zero-order valence-electron chi connectivity index (χ0n) is 9.82. The molecule has 1 rings (SSSR count). The summed E-state index contributed by atoms with van der Waals surface area (Å²) in [6.07, 6.45) is 3.09. The molecule has 0 aliphatic heterocycles.